The van der Waals surface area contributed by atoms with Gasteiger partial charge in [0.2, 0.25) is 0 Å². The van der Waals surface area contributed by atoms with Crippen LogP contribution in [-0.4, -0.2) is 36.4 Å². The molecule has 1 fully saturated rings. The van der Waals surface area contributed by atoms with Crippen LogP contribution in [0.3, 0.4) is 0 Å². The van der Waals surface area contributed by atoms with E-state index in [-0.39, 0.29) is 22.4 Å². The highest BCUT2D eigenvalue weighted by atomic mass is 32.2. The average Bonchev–Trinajstić information content (AvgIpc) is 2.66. The monoisotopic (exact) mass is 285 g/mol. The van der Waals surface area contributed by atoms with Gasteiger partial charge in [0.25, 0.3) is 0 Å². The molecule has 1 saturated heterocycles. The van der Waals surface area contributed by atoms with Crippen molar-refractivity contribution in [1.29, 1.82) is 0 Å². The van der Waals surface area contributed by atoms with Gasteiger partial charge in [-0.05, 0) is 24.5 Å². The van der Waals surface area contributed by atoms with Crippen LogP contribution in [0.2, 0.25) is 0 Å². The Morgan fingerprint density at radius 1 is 1.61 bits per heavy atom. The van der Waals surface area contributed by atoms with Crippen molar-refractivity contribution >= 4 is 32.9 Å². The van der Waals surface area contributed by atoms with Crippen molar-refractivity contribution in [3.63, 3.8) is 0 Å². The van der Waals surface area contributed by atoms with E-state index >= 15 is 0 Å². The molecule has 0 bridgehead atoms. The Hall–Kier alpha value is -1.21. The molecular weight excluding hydrogens is 270 g/mol. The predicted octanol–water partition coefficient (Wildman–Crippen LogP) is 0.562. The molecule has 1 atom stereocenters. The van der Waals surface area contributed by atoms with Crippen LogP contribution in [0.4, 0.5) is 5.82 Å². The molecule has 18 heavy (non-hydrogen) atoms. The summed E-state index contributed by atoms with van der Waals surface area (Å²) in [5, 5.41) is 3.13. The van der Waals surface area contributed by atoms with E-state index in [0.29, 0.717) is 24.3 Å². The normalized spacial score (nSPS) is 21.7. The molecule has 0 spiro atoms. The van der Waals surface area contributed by atoms with Gasteiger partial charge in [-0.3, -0.25) is 0 Å². The summed E-state index contributed by atoms with van der Waals surface area (Å²) in [4.78, 5) is 4.45. The first kappa shape index (κ1) is 13.2. The van der Waals surface area contributed by atoms with Crippen LogP contribution < -0.4 is 11.1 Å². The number of hydrogen-bond acceptors (Lipinski definition) is 5. The van der Waals surface area contributed by atoms with E-state index in [1.807, 2.05) is 0 Å². The SMILES string of the molecule is NC(=S)c1cccnc1NCC1CCS(=O)(=O)C1. The molecule has 1 aliphatic rings. The van der Waals surface area contributed by atoms with Gasteiger partial charge in [-0.1, -0.05) is 12.2 Å². The van der Waals surface area contributed by atoms with Gasteiger partial charge in [0.15, 0.2) is 9.84 Å². The maximum absolute atomic E-state index is 11.3. The smallest absolute Gasteiger partial charge is 0.150 e. The number of thiocarbonyl (C=S) groups is 1. The van der Waals surface area contributed by atoms with Crippen LogP contribution in [0, 0.1) is 5.92 Å². The number of sulfone groups is 1. The predicted molar refractivity (Wildman–Crippen MR) is 75.4 cm³/mol. The highest BCUT2D eigenvalue weighted by Crippen LogP contribution is 2.19. The molecule has 2 heterocycles. The second kappa shape index (κ2) is 5.19. The number of rotatable bonds is 4. The Kier molecular flexibility index (Phi) is 3.82. The molecule has 0 saturated carbocycles. The topological polar surface area (TPSA) is 85.1 Å². The molecule has 7 heteroatoms. The summed E-state index contributed by atoms with van der Waals surface area (Å²) in [6.07, 6.45) is 2.35. The van der Waals surface area contributed by atoms with Crippen molar-refractivity contribution in [2.24, 2.45) is 11.7 Å². The van der Waals surface area contributed by atoms with E-state index in [1.165, 1.54) is 0 Å². The minimum absolute atomic E-state index is 0.135. The third-order valence-electron chi connectivity index (χ3n) is 2.96. The van der Waals surface area contributed by atoms with Crippen molar-refractivity contribution in [3.8, 4) is 0 Å². The summed E-state index contributed by atoms with van der Waals surface area (Å²) < 4.78 is 22.7. The highest BCUT2D eigenvalue weighted by Gasteiger charge is 2.27. The summed E-state index contributed by atoms with van der Waals surface area (Å²) in [6, 6.07) is 3.56. The fourth-order valence-electron chi connectivity index (χ4n) is 2.02. The lowest BCUT2D eigenvalue weighted by atomic mass is 10.1. The van der Waals surface area contributed by atoms with E-state index in [0.717, 1.165) is 0 Å². The largest absolute Gasteiger partial charge is 0.389 e. The minimum atomic E-state index is -2.84. The number of anilines is 1. The second-order valence-corrected chi connectivity index (χ2v) is 7.08. The Labute approximate surface area is 112 Å². The molecule has 2 rings (SSSR count). The third kappa shape index (κ3) is 3.17. The van der Waals surface area contributed by atoms with Gasteiger partial charge in [0.1, 0.15) is 10.8 Å². The standard InChI is InChI=1S/C11H15N3O2S2/c12-10(17)9-2-1-4-13-11(9)14-6-8-3-5-18(15,16)7-8/h1-2,4,8H,3,5-7H2,(H2,12,17)(H,13,14). The molecule has 5 nitrogen and oxygen atoms in total. The fourth-order valence-corrected chi connectivity index (χ4v) is 4.05. The van der Waals surface area contributed by atoms with E-state index < -0.39 is 9.84 Å². The van der Waals surface area contributed by atoms with Crippen LogP contribution in [0.15, 0.2) is 18.3 Å². The maximum Gasteiger partial charge on any atom is 0.150 e. The van der Waals surface area contributed by atoms with Gasteiger partial charge in [-0.25, -0.2) is 13.4 Å². The molecule has 0 amide bonds. The third-order valence-corrected chi connectivity index (χ3v) is 5.01. The summed E-state index contributed by atoms with van der Waals surface area (Å²) in [5.74, 6) is 1.28. The fraction of sp³-hybridized carbons (Fsp3) is 0.455. The van der Waals surface area contributed by atoms with Crippen molar-refractivity contribution in [1.82, 2.24) is 4.98 Å². The molecule has 0 aromatic carbocycles. The lowest BCUT2D eigenvalue weighted by molar-refractivity contribution is 0.595. The van der Waals surface area contributed by atoms with Crippen molar-refractivity contribution in [3.05, 3.63) is 23.9 Å². The molecule has 0 radical (unpaired) electrons. The molecule has 3 N–H and O–H groups in total. The molecule has 1 unspecified atom stereocenters. The van der Waals surface area contributed by atoms with Gasteiger partial charge in [0, 0.05) is 12.7 Å². The summed E-state index contributed by atoms with van der Waals surface area (Å²) in [7, 11) is -2.84. The van der Waals surface area contributed by atoms with Crippen LogP contribution in [0.5, 0.6) is 0 Å². The van der Waals surface area contributed by atoms with Crippen molar-refractivity contribution in [2.75, 3.05) is 23.4 Å². The van der Waals surface area contributed by atoms with E-state index in [9.17, 15) is 8.42 Å². The second-order valence-electron chi connectivity index (χ2n) is 4.41. The first-order valence-corrected chi connectivity index (χ1v) is 7.90. The molecule has 0 aliphatic carbocycles. The van der Waals surface area contributed by atoms with Crippen LogP contribution >= 0.6 is 12.2 Å². The zero-order valence-corrected chi connectivity index (χ0v) is 11.4. The van der Waals surface area contributed by atoms with E-state index in [4.69, 9.17) is 18.0 Å². The van der Waals surface area contributed by atoms with Crippen molar-refractivity contribution < 1.29 is 8.42 Å². The number of pyridine rings is 1. The molecule has 1 aromatic heterocycles. The summed E-state index contributed by atoms with van der Waals surface area (Å²) in [5.41, 5.74) is 6.29. The number of aromatic nitrogens is 1. The number of hydrogen-bond donors (Lipinski definition) is 2. The minimum Gasteiger partial charge on any atom is -0.389 e. The molecule has 1 aliphatic heterocycles. The first-order chi connectivity index (χ1) is 8.48. The lowest BCUT2D eigenvalue weighted by Gasteiger charge is -2.12. The van der Waals surface area contributed by atoms with E-state index in [1.54, 1.807) is 18.3 Å². The van der Waals surface area contributed by atoms with Gasteiger partial charge >= 0.3 is 0 Å². The zero-order chi connectivity index (χ0) is 13.2. The number of nitrogens with one attached hydrogen (secondary N) is 1. The number of nitrogens with zero attached hydrogens (tertiary/aromatic N) is 1. The van der Waals surface area contributed by atoms with Gasteiger partial charge in [0.05, 0.1) is 17.1 Å². The summed E-state index contributed by atoms with van der Waals surface area (Å²) in [6.45, 7) is 0.575. The average molecular weight is 285 g/mol. The Balaban J connectivity index is 2.01. The molecule has 98 valence electrons. The zero-order valence-electron chi connectivity index (χ0n) is 9.80. The highest BCUT2D eigenvalue weighted by molar-refractivity contribution is 7.91. The van der Waals surface area contributed by atoms with Crippen molar-refractivity contribution in [2.45, 2.75) is 6.42 Å². The molecule has 1 aromatic rings. The van der Waals surface area contributed by atoms with Gasteiger partial charge < -0.3 is 11.1 Å². The maximum atomic E-state index is 11.3. The van der Waals surface area contributed by atoms with Crippen LogP contribution in [0.25, 0.3) is 0 Å². The Morgan fingerprint density at radius 3 is 3.00 bits per heavy atom. The lowest BCUT2D eigenvalue weighted by Crippen LogP contribution is -2.19. The summed E-state index contributed by atoms with van der Waals surface area (Å²) >= 11 is 4.94. The Morgan fingerprint density at radius 2 is 2.39 bits per heavy atom. The Bertz CT molecular complexity index is 557. The van der Waals surface area contributed by atoms with Crippen LogP contribution in [-0.2, 0) is 9.84 Å². The van der Waals surface area contributed by atoms with E-state index in [2.05, 4.69) is 10.3 Å². The van der Waals surface area contributed by atoms with Gasteiger partial charge in [-0.2, -0.15) is 0 Å². The van der Waals surface area contributed by atoms with Gasteiger partial charge in [-0.15, -0.1) is 0 Å². The number of nitrogens with two attached hydrogens (primary N) is 1. The first-order valence-electron chi connectivity index (χ1n) is 5.67. The quantitative estimate of drug-likeness (QED) is 0.786. The van der Waals surface area contributed by atoms with Crippen LogP contribution in [0.1, 0.15) is 12.0 Å². The molecular formula is C11H15N3O2S2.